The topological polar surface area (TPSA) is 74.9 Å². The molecule has 1 atom stereocenters. The molecule has 0 saturated carbocycles. The first-order valence-corrected chi connectivity index (χ1v) is 11.6. The van der Waals surface area contributed by atoms with Crippen molar-refractivity contribution in [1.82, 2.24) is 20.7 Å². The fourth-order valence-corrected chi connectivity index (χ4v) is 3.97. The number of nitrogens with one attached hydrogen (secondary N) is 2. The summed E-state index contributed by atoms with van der Waals surface area (Å²) in [7, 11) is 0. The Kier molecular flexibility index (Phi) is 11.8. The average molecular weight is 576 g/mol. The Bertz CT molecular complexity index is 816. The van der Waals surface area contributed by atoms with Gasteiger partial charge in [-0.15, -0.1) is 24.0 Å². The van der Waals surface area contributed by atoms with Crippen LogP contribution >= 0.6 is 35.6 Å². The third-order valence-corrected chi connectivity index (χ3v) is 5.80. The van der Waals surface area contributed by atoms with Crippen LogP contribution in [0.1, 0.15) is 49.4 Å². The lowest BCUT2D eigenvalue weighted by molar-refractivity contribution is 0.0170. The lowest BCUT2D eigenvalue weighted by Gasteiger charge is -2.35. The summed E-state index contributed by atoms with van der Waals surface area (Å²) in [5, 5.41) is 11.9. The van der Waals surface area contributed by atoms with E-state index in [-0.39, 0.29) is 30.0 Å². The van der Waals surface area contributed by atoms with Crippen molar-refractivity contribution >= 4 is 41.5 Å². The highest BCUT2D eigenvalue weighted by Gasteiger charge is 2.23. The second-order valence-electron chi connectivity index (χ2n) is 7.53. The van der Waals surface area contributed by atoms with Gasteiger partial charge in [0.25, 0.3) is 0 Å². The van der Waals surface area contributed by atoms with Crippen LogP contribution in [-0.4, -0.2) is 55.4 Å². The van der Waals surface area contributed by atoms with E-state index in [9.17, 15) is 0 Å². The number of aromatic nitrogens is 1. The number of aliphatic imine (C=N–C) groups is 1. The molecule has 1 aromatic carbocycles. The molecule has 9 heteroatoms. The van der Waals surface area contributed by atoms with Gasteiger partial charge in [0.15, 0.2) is 5.96 Å². The first-order valence-electron chi connectivity index (χ1n) is 11.2. The molecule has 1 aromatic heterocycles. The van der Waals surface area contributed by atoms with Crippen LogP contribution in [0.15, 0.2) is 33.8 Å². The van der Waals surface area contributed by atoms with Crippen LogP contribution < -0.4 is 10.6 Å². The van der Waals surface area contributed by atoms with Crippen molar-refractivity contribution < 1.29 is 9.26 Å². The van der Waals surface area contributed by atoms with E-state index < -0.39 is 0 Å². The third-order valence-electron chi connectivity index (χ3n) is 5.55. The van der Waals surface area contributed by atoms with Crippen molar-refractivity contribution in [2.24, 2.45) is 4.99 Å². The average Bonchev–Trinajstić information content (AvgIpc) is 3.21. The predicted molar refractivity (Wildman–Crippen MR) is 140 cm³/mol. The van der Waals surface area contributed by atoms with E-state index in [1.54, 1.807) is 0 Å². The number of rotatable bonds is 9. The molecule has 1 saturated heterocycles. The standard InChI is InChI=1S/C23H34ClN5O2.HI/c1-4-20-19(22(5-2)31-28-20)15-26-23(25-6-3)27-16-21(29-11-13-30-14-12-29)17-7-9-18(24)10-8-17;/h7-10,21H,4-6,11-16H2,1-3H3,(H2,25,26,27);1H. The van der Waals surface area contributed by atoms with E-state index in [2.05, 4.69) is 53.6 Å². The number of guanidine groups is 1. The summed E-state index contributed by atoms with van der Waals surface area (Å²) < 4.78 is 11.0. The van der Waals surface area contributed by atoms with Gasteiger partial charge in [0.05, 0.1) is 31.5 Å². The normalized spacial score (nSPS) is 15.8. The molecule has 1 unspecified atom stereocenters. The van der Waals surface area contributed by atoms with Crippen molar-refractivity contribution in [3.05, 3.63) is 51.9 Å². The molecule has 3 rings (SSSR count). The van der Waals surface area contributed by atoms with Crippen molar-refractivity contribution in [2.45, 2.75) is 46.2 Å². The van der Waals surface area contributed by atoms with Gasteiger partial charge in [-0.25, -0.2) is 4.99 Å². The second-order valence-corrected chi connectivity index (χ2v) is 7.97. The molecule has 1 fully saturated rings. The first kappa shape index (κ1) is 26.9. The summed E-state index contributed by atoms with van der Waals surface area (Å²) in [5.74, 6) is 1.71. The molecular weight excluding hydrogens is 541 g/mol. The zero-order valence-corrected chi connectivity index (χ0v) is 22.3. The van der Waals surface area contributed by atoms with Crippen LogP contribution in [0.3, 0.4) is 0 Å². The van der Waals surface area contributed by atoms with Gasteiger partial charge in [-0.05, 0) is 31.0 Å². The maximum atomic E-state index is 6.12. The molecular formula is C23H35ClIN5O2. The van der Waals surface area contributed by atoms with Gasteiger partial charge in [-0.2, -0.15) is 0 Å². The molecule has 32 heavy (non-hydrogen) atoms. The molecule has 0 radical (unpaired) electrons. The fraction of sp³-hybridized carbons (Fsp3) is 0.565. The number of nitrogens with zero attached hydrogens (tertiary/aromatic N) is 3. The Hall–Kier alpha value is -1.36. The molecule has 0 bridgehead atoms. The molecule has 1 aliphatic heterocycles. The number of halogens is 2. The zero-order chi connectivity index (χ0) is 22.1. The SMILES string of the molecule is CCNC(=NCc1c(CC)noc1CC)NCC(c1ccc(Cl)cc1)N1CCOCC1.I. The molecule has 2 N–H and O–H groups in total. The molecule has 0 spiro atoms. The quantitative estimate of drug-likeness (QED) is 0.265. The van der Waals surface area contributed by atoms with Gasteiger partial charge in [0, 0.05) is 43.2 Å². The fourth-order valence-electron chi connectivity index (χ4n) is 3.84. The Morgan fingerprint density at radius 3 is 2.47 bits per heavy atom. The summed E-state index contributed by atoms with van der Waals surface area (Å²) >= 11 is 6.12. The van der Waals surface area contributed by atoms with Crippen LogP contribution in [0.5, 0.6) is 0 Å². The molecule has 0 aliphatic carbocycles. The van der Waals surface area contributed by atoms with Crippen LogP contribution in [0, 0.1) is 0 Å². The highest BCUT2D eigenvalue weighted by atomic mass is 127. The lowest BCUT2D eigenvalue weighted by atomic mass is 10.0. The van der Waals surface area contributed by atoms with Gasteiger partial charge >= 0.3 is 0 Å². The molecule has 2 heterocycles. The highest BCUT2D eigenvalue weighted by molar-refractivity contribution is 14.0. The highest BCUT2D eigenvalue weighted by Crippen LogP contribution is 2.23. The molecule has 2 aromatic rings. The van der Waals surface area contributed by atoms with Crippen LogP contribution in [0.4, 0.5) is 0 Å². The van der Waals surface area contributed by atoms with E-state index >= 15 is 0 Å². The Balaban J connectivity index is 0.00000363. The van der Waals surface area contributed by atoms with E-state index in [1.165, 1.54) is 5.56 Å². The van der Waals surface area contributed by atoms with Gasteiger partial charge in [-0.3, -0.25) is 4.90 Å². The van der Waals surface area contributed by atoms with E-state index in [0.29, 0.717) is 6.54 Å². The van der Waals surface area contributed by atoms with Crippen LogP contribution in [0.2, 0.25) is 5.02 Å². The maximum absolute atomic E-state index is 6.12. The summed E-state index contributed by atoms with van der Waals surface area (Å²) in [5.41, 5.74) is 3.32. The summed E-state index contributed by atoms with van der Waals surface area (Å²) in [6.07, 6.45) is 1.66. The minimum atomic E-state index is 0. The van der Waals surface area contributed by atoms with E-state index in [4.69, 9.17) is 25.9 Å². The maximum Gasteiger partial charge on any atom is 0.191 e. The third kappa shape index (κ3) is 7.33. The minimum absolute atomic E-state index is 0. The number of morpholine rings is 1. The lowest BCUT2D eigenvalue weighted by Crippen LogP contribution is -2.46. The van der Waals surface area contributed by atoms with Gasteiger partial charge < -0.3 is 19.9 Å². The Labute approximate surface area is 213 Å². The van der Waals surface area contributed by atoms with Crippen molar-refractivity contribution in [2.75, 3.05) is 39.4 Å². The number of hydrogen-bond acceptors (Lipinski definition) is 5. The number of benzene rings is 1. The van der Waals surface area contributed by atoms with Crippen LogP contribution in [-0.2, 0) is 24.1 Å². The molecule has 1 aliphatic rings. The summed E-state index contributed by atoms with van der Waals surface area (Å²) in [6.45, 7) is 11.6. The zero-order valence-electron chi connectivity index (χ0n) is 19.2. The van der Waals surface area contributed by atoms with Crippen LogP contribution in [0.25, 0.3) is 0 Å². The summed E-state index contributed by atoms with van der Waals surface area (Å²) in [4.78, 5) is 7.28. The van der Waals surface area contributed by atoms with Gasteiger partial charge in [-0.1, -0.05) is 42.7 Å². The molecule has 7 nitrogen and oxygen atoms in total. The summed E-state index contributed by atoms with van der Waals surface area (Å²) in [6, 6.07) is 8.32. The number of aryl methyl sites for hydroxylation is 2. The van der Waals surface area contributed by atoms with E-state index in [0.717, 1.165) is 80.2 Å². The largest absolute Gasteiger partial charge is 0.379 e. The van der Waals surface area contributed by atoms with Crippen molar-refractivity contribution in [3.63, 3.8) is 0 Å². The number of hydrogen-bond donors (Lipinski definition) is 2. The molecule has 0 amide bonds. The van der Waals surface area contributed by atoms with E-state index in [1.807, 2.05) is 12.1 Å². The predicted octanol–water partition coefficient (Wildman–Crippen LogP) is 4.20. The Morgan fingerprint density at radius 2 is 1.84 bits per heavy atom. The molecule has 178 valence electrons. The number of ether oxygens (including phenoxy) is 1. The first-order chi connectivity index (χ1) is 15.2. The monoisotopic (exact) mass is 575 g/mol. The van der Waals surface area contributed by atoms with Gasteiger partial charge in [0.2, 0.25) is 0 Å². The smallest absolute Gasteiger partial charge is 0.191 e. The van der Waals surface area contributed by atoms with Crippen molar-refractivity contribution in [1.29, 1.82) is 0 Å². The minimum Gasteiger partial charge on any atom is -0.379 e. The Morgan fingerprint density at radius 1 is 1.12 bits per heavy atom. The van der Waals surface area contributed by atoms with Crippen molar-refractivity contribution in [3.8, 4) is 0 Å². The van der Waals surface area contributed by atoms with Gasteiger partial charge in [0.1, 0.15) is 5.76 Å². The second kappa shape index (κ2) is 14.0.